The standard InChI is InChI=1S/C22H34O5Si/c1-12(2)28(13(3)4,14(5)6)26-10-18-17(9-23)21-15-7-19-20(25-11-24-19)8-16(15)22(18)27-21/h7-8,12-14,17-18,21-23H,9-11H2,1-6H3/t17-,18+,21-,22+/m1/s1. The Hall–Kier alpha value is -1.08. The molecule has 1 saturated heterocycles. The van der Waals surface area contributed by atoms with E-state index in [0.717, 1.165) is 17.1 Å². The second-order valence-corrected chi connectivity index (χ2v) is 14.9. The van der Waals surface area contributed by atoms with Crippen molar-refractivity contribution in [3.05, 3.63) is 23.3 Å². The molecule has 0 aromatic heterocycles. The molecule has 0 unspecified atom stereocenters. The van der Waals surface area contributed by atoms with E-state index >= 15 is 0 Å². The van der Waals surface area contributed by atoms with Crippen LogP contribution >= 0.6 is 0 Å². The largest absolute Gasteiger partial charge is 0.454 e. The van der Waals surface area contributed by atoms with Crippen molar-refractivity contribution in [1.82, 2.24) is 0 Å². The molecule has 28 heavy (non-hydrogen) atoms. The van der Waals surface area contributed by atoms with E-state index in [0.29, 0.717) is 23.2 Å². The summed E-state index contributed by atoms with van der Waals surface area (Å²) in [6.45, 7) is 14.9. The van der Waals surface area contributed by atoms with Crippen LogP contribution < -0.4 is 9.47 Å². The van der Waals surface area contributed by atoms with E-state index < -0.39 is 8.32 Å². The average Bonchev–Trinajstić information content (AvgIpc) is 3.32. The van der Waals surface area contributed by atoms with Gasteiger partial charge in [0, 0.05) is 25.0 Å². The van der Waals surface area contributed by atoms with Gasteiger partial charge in [-0.3, -0.25) is 0 Å². The fraction of sp³-hybridized carbons (Fsp3) is 0.727. The lowest BCUT2D eigenvalue weighted by atomic mass is 9.76. The molecule has 1 aromatic carbocycles. The van der Waals surface area contributed by atoms with Gasteiger partial charge in [0.05, 0.1) is 12.2 Å². The monoisotopic (exact) mass is 406 g/mol. The number of fused-ring (bicyclic) bond motifs is 6. The highest BCUT2D eigenvalue weighted by Crippen LogP contribution is 2.59. The zero-order valence-electron chi connectivity index (χ0n) is 17.9. The van der Waals surface area contributed by atoms with Gasteiger partial charge in [0.2, 0.25) is 6.79 Å². The highest BCUT2D eigenvalue weighted by atomic mass is 28.4. The zero-order chi connectivity index (χ0) is 20.2. The topological polar surface area (TPSA) is 57.2 Å². The smallest absolute Gasteiger partial charge is 0.231 e. The third-order valence-corrected chi connectivity index (χ3v) is 13.3. The molecule has 3 aliphatic heterocycles. The SMILES string of the molecule is CC(C)[Si](OC[C@H]1[C@@H](CO)[C@@H]2O[C@H]1c1cc3c(cc12)OCO3)(C(C)C)C(C)C. The maximum atomic E-state index is 10.2. The Bertz CT molecular complexity index is 710. The van der Waals surface area contributed by atoms with E-state index in [1.54, 1.807) is 0 Å². The number of benzene rings is 1. The molecule has 2 bridgehead atoms. The normalized spacial score (nSPS) is 28.1. The van der Waals surface area contributed by atoms with Crippen molar-refractivity contribution in [3.8, 4) is 11.5 Å². The van der Waals surface area contributed by atoms with Gasteiger partial charge in [-0.1, -0.05) is 41.5 Å². The summed E-state index contributed by atoms with van der Waals surface area (Å²) >= 11 is 0. The van der Waals surface area contributed by atoms with Gasteiger partial charge in [-0.15, -0.1) is 0 Å². The minimum Gasteiger partial charge on any atom is -0.454 e. The van der Waals surface area contributed by atoms with Crippen molar-refractivity contribution >= 4 is 8.32 Å². The number of rotatable bonds is 7. The lowest BCUT2D eigenvalue weighted by Crippen LogP contribution is -2.49. The highest BCUT2D eigenvalue weighted by molar-refractivity contribution is 6.77. The van der Waals surface area contributed by atoms with E-state index in [2.05, 4.69) is 47.6 Å². The molecule has 1 fully saturated rings. The number of aliphatic hydroxyl groups excluding tert-OH is 1. The Morgan fingerprint density at radius 2 is 1.43 bits per heavy atom. The van der Waals surface area contributed by atoms with Crippen molar-refractivity contribution in [2.24, 2.45) is 11.8 Å². The van der Waals surface area contributed by atoms with Crippen LogP contribution in [0.5, 0.6) is 11.5 Å². The summed E-state index contributed by atoms with van der Waals surface area (Å²) in [6, 6.07) is 4.11. The molecule has 1 aromatic rings. The molecular weight excluding hydrogens is 372 g/mol. The molecule has 0 aliphatic carbocycles. The van der Waals surface area contributed by atoms with Crippen molar-refractivity contribution in [2.75, 3.05) is 20.0 Å². The van der Waals surface area contributed by atoms with Gasteiger partial charge in [0.15, 0.2) is 19.8 Å². The Morgan fingerprint density at radius 3 is 1.89 bits per heavy atom. The maximum absolute atomic E-state index is 10.2. The first-order valence-electron chi connectivity index (χ1n) is 10.6. The lowest BCUT2D eigenvalue weighted by Gasteiger charge is -2.43. The molecule has 4 rings (SSSR count). The van der Waals surface area contributed by atoms with Crippen LogP contribution in [0.4, 0.5) is 0 Å². The minimum absolute atomic E-state index is 0.0372. The van der Waals surface area contributed by atoms with Gasteiger partial charge in [-0.05, 0) is 39.9 Å². The number of aliphatic hydroxyl groups is 1. The molecule has 0 amide bonds. The van der Waals surface area contributed by atoms with Gasteiger partial charge in [0.1, 0.15) is 0 Å². The van der Waals surface area contributed by atoms with Crippen LogP contribution in [-0.2, 0) is 9.16 Å². The van der Waals surface area contributed by atoms with E-state index in [9.17, 15) is 5.11 Å². The van der Waals surface area contributed by atoms with Crippen LogP contribution in [0.15, 0.2) is 12.1 Å². The van der Waals surface area contributed by atoms with Gasteiger partial charge < -0.3 is 23.7 Å². The zero-order valence-corrected chi connectivity index (χ0v) is 18.9. The molecule has 156 valence electrons. The van der Waals surface area contributed by atoms with Crippen LogP contribution in [0.1, 0.15) is 64.9 Å². The summed E-state index contributed by atoms with van der Waals surface area (Å²) < 4.78 is 24.3. The fourth-order valence-electron chi connectivity index (χ4n) is 6.07. The predicted octanol–water partition coefficient (Wildman–Crippen LogP) is 4.96. The third kappa shape index (κ3) is 2.83. The van der Waals surface area contributed by atoms with Crippen LogP contribution in [0.25, 0.3) is 0 Å². The van der Waals surface area contributed by atoms with Crippen molar-refractivity contribution in [1.29, 1.82) is 0 Å². The summed E-state index contributed by atoms with van der Waals surface area (Å²) in [5, 5.41) is 10.2. The van der Waals surface area contributed by atoms with E-state index in [4.69, 9.17) is 18.6 Å². The Balaban J connectivity index is 1.61. The van der Waals surface area contributed by atoms with Crippen molar-refractivity contribution < 1.29 is 23.7 Å². The van der Waals surface area contributed by atoms with Gasteiger partial charge in [0.25, 0.3) is 0 Å². The quantitative estimate of drug-likeness (QED) is 0.649. The summed E-state index contributed by atoms with van der Waals surface area (Å²) in [6.07, 6.45) is -0.119. The fourth-order valence-corrected chi connectivity index (χ4v) is 11.5. The van der Waals surface area contributed by atoms with Gasteiger partial charge in [-0.25, -0.2) is 0 Å². The molecule has 1 N–H and O–H groups in total. The van der Waals surface area contributed by atoms with Crippen molar-refractivity contribution in [2.45, 2.75) is 70.4 Å². The molecule has 5 nitrogen and oxygen atoms in total. The van der Waals surface area contributed by atoms with Crippen LogP contribution in [0.3, 0.4) is 0 Å². The third-order valence-electron chi connectivity index (χ3n) is 7.26. The average molecular weight is 407 g/mol. The van der Waals surface area contributed by atoms with Gasteiger partial charge in [-0.2, -0.15) is 0 Å². The molecule has 3 heterocycles. The Kier molecular flexibility index (Phi) is 5.27. The van der Waals surface area contributed by atoms with Crippen LogP contribution in [0, 0.1) is 11.8 Å². The second-order valence-electron chi connectivity index (χ2n) is 9.45. The summed E-state index contributed by atoms with van der Waals surface area (Å²) in [7, 11) is -1.96. The second kappa shape index (κ2) is 7.31. The first-order valence-corrected chi connectivity index (χ1v) is 12.8. The van der Waals surface area contributed by atoms with Crippen LogP contribution in [0.2, 0.25) is 16.6 Å². The molecule has 0 spiro atoms. The molecule has 6 heteroatoms. The molecule has 0 saturated carbocycles. The lowest BCUT2D eigenvalue weighted by molar-refractivity contribution is 0.0446. The number of hydrogen-bond acceptors (Lipinski definition) is 5. The molecule has 3 aliphatic rings. The first-order chi connectivity index (χ1) is 13.3. The van der Waals surface area contributed by atoms with Crippen molar-refractivity contribution in [3.63, 3.8) is 0 Å². The molecular formula is C22H34O5Si. The summed E-state index contributed by atoms with van der Waals surface area (Å²) in [5.41, 5.74) is 3.95. The minimum atomic E-state index is -1.96. The summed E-state index contributed by atoms with van der Waals surface area (Å²) in [4.78, 5) is 0. The Morgan fingerprint density at radius 1 is 0.929 bits per heavy atom. The molecule has 0 radical (unpaired) electrons. The number of hydrogen-bond donors (Lipinski definition) is 1. The van der Waals surface area contributed by atoms with E-state index in [1.807, 2.05) is 6.07 Å². The molecule has 4 atom stereocenters. The van der Waals surface area contributed by atoms with Crippen LogP contribution in [-0.4, -0.2) is 33.4 Å². The number of ether oxygens (including phenoxy) is 3. The van der Waals surface area contributed by atoms with E-state index in [1.165, 1.54) is 5.56 Å². The summed E-state index contributed by atoms with van der Waals surface area (Å²) in [5.74, 6) is 1.82. The predicted molar refractivity (Wildman–Crippen MR) is 110 cm³/mol. The first kappa shape index (κ1) is 20.2. The maximum Gasteiger partial charge on any atom is 0.231 e. The van der Waals surface area contributed by atoms with E-state index in [-0.39, 0.29) is 37.4 Å². The van der Waals surface area contributed by atoms with Gasteiger partial charge >= 0.3 is 0 Å². The Labute approximate surface area is 169 Å². The highest BCUT2D eigenvalue weighted by Gasteiger charge is 2.54.